The maximum atomic E-state index is 5.95. The Morgan fingerprint density at radius 2 is 1.97 bits per heavy atom. The number of aromatic amines is 1. The molecule has 2 aliphatic rings. The number of hydrogen-bond acceptors (Lipinski definition) is 4. The molecule has 0 bridgehead atoms. The lowest BCUT2D eigenvalue weighted by Gasteiger charge is -2.24. The number of rotatable bonds is 10. The molecule has 6 nitrogen and oxygen atoms in total. The first-order valence-corrected chi connectivity index (χ1v) is 16.1. The van der Waals surface area contributed by atoms with Crippen molar-refractivity contribution in [2.45, 2.75) is 83.3 Å². The summed E-state index contributed by atoms with van der Waals surface area (Å²) in [6.45, 7) is 8.34. The van der Waals surface area contributed by atoms with Crippen LogP contribution in [-0.4, -0.2) is 39.4 Å². The van der Waals surface area contributed by atoms with Gasteiger partial charge >= 0.3 is 0 Å². The summed E-state index contributed by atoms with van der Waals surface area (Å²) in [5, 5.41) is 5.91. The second kappa shape index (κ2) is 9.10. The van der Waals surface area contributed by atoms with Crippen molar-refractivity contribution >= 4 is 19.1 Å². The molecule has 3 aromatic heterocycles. The van der Waals surface area contributed by atoms with Gasteiger partial charge in [-0.15, -0.1) is 0 Å². The van der Waals surface area contributed by atoms with Crippen molar-refractivity contribution in [3.8, 4) is 11.3 Å². The summed E-state index contributed by atoms with van der Waals surface area (Å²) >= 11 is 0. The molecule has 2 saturated carbocycles. The Balaban J connectivity index is 1.38. The van der Waals surface area contributed by atoms with Crippen LogP contribution in [0.2, 0.25) is 25.7 Å². The summed E-state index contributed by atoms with van der Waals surface area (Å²) in [7, 11) is -1.10. The summed E-state index contributed by atoms with van der Waals surface area (Å²) in [5.74, 6) is 2.42. The maximum Gasteiger partial charge on any atom is 0.157 e. The second-order valence-corrected chi connectivity index (χ2v) is 16.7. The number of fused-ring (bicyclic) bond motifs is 1. The lowest BCUT2D eigenvalue weighted by Crippen LogP contribution is -2.21. The summed E-state index contributed by atoms with van der Waals surface area (Å²) in [6, 6.07) is 3.75. The first-order valence-electron chi connectivity index (χ1n) is 12.4. The first-order chi connectivity index (χ1) is 15.5. The van der Waals surface area contributed by atoms with Crippen molar-refractivity contribution < 1.29 is 4.74 Å². The Kier molecular flexibility index (Phi) is 6.21. The van der Waals surface area contributed by atoms with Crippen LogP contribution in [0.5, 0.6) is 0 Å². The van der Waals surface area contributed by atoms with Crippen molar-refractivity contribution in [2.24, 2.45) is 11.8 Å². The van der Waals surface area contributed by atoms with Crippen molar-refractivity contribution in [1.29, 1.82) is 0 Å². The summed E-state index contributed by atoms with van der Waals surface area (Å²) in [5.41, 5.74) is 2.92. The highest BCUT2D eigenvalue weighted by Gasteiger charge is 2.33. The van der Waals surface area contributed by atoms with E-state index in [2.05, 4.69) is 41.6 Å². The van der Waals surface area contributed by atoms with Crippen LogP contribution in [-0.2, 0) is 11.3 Å². The van der Waals surface area contributed by atoms with E-state index >= 15 is 0 Å². The Morgan fingerprint density at radius 3 is 2.72 bits per heavy atom. The zero-order valence-electron chi connectivity index (χ0n) is 19.8. The molecule has 0 aliphatic heterocycles. The van der Waals surface area contributed by atoms with Crippen LogP contribution in [0.4, 0.5) is 0 Å². The molecule has 0 radical (unpaired) electrons. The van der Waals surface area contributed by atoms with E-state index in [9.17, 15) is 0 Å². The standard InChI is InChI=1S/C25H37N5OSi/c1-32(2,3)13-12-31-17-23-28-24(21-10-11-26-25(21)29-23)20-15-27-30(16-20)22(14-18-8-9-18)19-6-4-5-7-19/h10-11,15-16,18-19,22H,4-9,12-14,17H2,1-3H3,(H,26,28,29). The third-order valence-corrected chi connectivity index (χ3v) is 8.82. The minimum Gasteiger partial charge on any atom is -0.374 e. The lowest BCUT2D eigenvalue weighted by molar-refractivity contribution is 0.127. The van der Waals surface area contributed by atoms with Gasteiger partial charge in [-0.2, -0.15) is 5.10 Å². The number of nitrogens with zero attached hydrogens (tertiary/aromatic N) is 4. The van der Waals surface area contributed by atoms with Gasteiger partial charge in [0, 0.05) is 38.0 Å². The molecule has 0 amide bonds. The molecule has 0 aromatic carbocycles. The molecule has 2 aliphatic carbocycles. The van der Waals surface area contributed by atoms with Gasteiger partial charge in [0.1, 0.15) is 12.3 Å². The molecule has 32 heavy (non-hydrogen) atoms. The third kappa shape index (κ3) is 5.15. The largest absolute Gasteiger partial charge is 0.374 e. The van der Waals surface area contributed by atoms with Crippen molar-refractivity contribution in [3.63, 3.8) is 0 Å². The molecule has 3 heterocycles. The minimum atomic E-state index is -1.10. The second-order valence-electron chi connectivity index (χ2n) is 11.1. The topological polar surface area (TPSA) is 68.6 Å². The molecular formula is C25H37N5OSi. The number of H-pyrrole nitrogens is 1. The van der Waals surface area contributed by atoms with E-state index in [0.29, 0.717) is 12.6 Å². The van der Waals surface area contributed by atoms with E-state index in [4.69, 9.17) is 19.8 Å². The van der Waals surface area contributed by atoms with Crippen LogP contribution < -0.4 is 0 Å². The molecule has 0 spiro atoms. The van der Waals surface area contributed by atoms with Crippen molar-refractivity contribution in [3.05, 3.63) is 30.5 Å². The van der Waals surface area contributed by atoms with Gasteiger partial charge in [0.25, 0.3) is 0 Å². The fraction of sp³-hybridized carbons (Fsp3) is 0.640. The van der Waals surface area contributed by atoms with Crippen LogP contribution >= 0.6 is 0 Å². The zero-order chi connectivity index (χ0) is 22.1. The molecular weight excluding hydrogens is 414 g/mol. The highest BCUT2D eigenvalue weighted by molar-refractivity contribution is 6.76. The SMILES string of the molecule is C[Si](C)(C)CCOCc1nc(-c2cnn(C(CC3CC3)C3CCCC3)c2)c2cc[nH]c2n1. The predicted octanol–water partition coefficient (Wildman–Crippen LogP) is 6.21. The van der Waals surface area contributed by atoms with E-state index in [1.807, 2.05) is 12.4 Å². The molecule has 172 valence electrons. The third-order valence-electron chi connectivity index (χ3n) is 7.12. The first kappa shape index (κ1) is 21.8. The zero-order valence-corrected chi connectivity index (χ0v) is 20.8. The van der Waals surface area contributed by atoms with Gasteiger partial charge in [-0.1, -0.05) is 45.3 Å². The average Bonchev–Trinajstić information content (AvgIpc) is 3.20. The average molecular weight is 452 g/mol. The molecule has 5 rings (SSSR count). The van der Waals surface area contributed by atoms with Gasteiger partial charge in [0.15, 0.2) is 5.82 Å². The maximum absolute atomic E-state index is 5.95. The van der Waals surface area contributed by atoms with Gasteiger partial charge in [0.2, 0.25) is 0 Å². The quantitative estimate of drug-likeness (QED) is 0.294. The fourth-order valence-corrected chi connectivity index (χ4v) is 5.77. The Hall–Kier alpha value is -1.99. The molecule has 1 unspecified atom stereocenters. The summed E-state index contributed by atoms with van der Waals surface area (Å²) in [4.78, 5) is 12.9. The lowest BCUT2D eigenvalue weighted by atomic mass is 9.93. The molecule has 7 heteroatoms. The molecule has 1 N–H and O–H groups in total. The van der Waals surface area contributed by atoms with Gasteiger partial charge < -0.3 is 9.72 Å². The van der Waals surface area contributed by atoms with E-state index < -0.39 is 8.07 Å². The number of hydrogen-bond donors (Lipinski definition) is 1. The van der Waals surface area contributed by atoms with Crippen LogP contribution in [0, 0.1) is 11.8 Å². The summed E-state index contributed by atoms with van der Waals surface area (Å²) in [6.07, 6.45) is 15.7. The number of aromatic nitrogens is 5. The van der Waals surface area contributed by atoms with Crippen LogP contribution in [0.15, 0.2) is 24.7 Å². The number of nitrogens with one attached hydrogen (secondary N) is 1. The molecule has 1 atom stereocenters. The highest BCUT2D eigenvalue weighted by atomic mass is 28.3. The Bertz CT molecular complexity index is 1040. The smallest absolute Gasteiger partial charge is 0.157 e. The van der Waals surface area contributed by atoms with E-state index in [1.165, 1.54) is 44.9 Å². The van der Waals surface area contributed by atoms with Crippen LogP contribution in [0.3, 0.4) is 0 Å². The minimum absolute atomic E-state index is 0.451. The van der Waals surface area contributed by atoms with Crippen LogP contribution in [0.25, 0.3) is 22.3 Å². The Labute approximate surface area is 192 Å². The van der Waals surface area contributed by atoms with Gasteiger partial charge in [-0.25, -0.2) is 9.97 Å². The van der Waals surface area contributed by atoms with E-state index in [0.717, 1.165) is 52.6 Å². The number of ether oxygens (including phenoxy) is 1. The van der Waals surface area contributed by atoms with Gasteiger partial charge in [-0.05, 0) is 43.2 Å². The molecule has 3 aromatic rings. The highest BCUT2D eigenvalue weighted by Crippen LogP contribution is 2.44. The van der Waals surface area contributed by atoms with Gasteiger partial charge in [0.05, 0.1) is 17.9 Å². The van der Waals surface area contributed by atoms with Crippen molar-refractivity contribution in [1.82, 2.24) is 24.7 Å². The fourth-order valence-electron chi connectivity index (χ4n) is 5.01. The summed E-state index contributed by atoms with van der Waals surface area (Å²) < 4.78 is 8.21. The van der Waals surface area contributed by atoms with E-state index in [-0.39, 0.29) is 0 Å². The molecule has 0 saturated heterocycles. The Morgan fingerprint density at radius 1 is 1.16 bits per heavy atom. The molecule has 2 fully saturated rings. The predicted molar refractivity (Wildman–Crippen MR) is 131 cm³/mol. The van der Waals surface area contributed by atoms with Crippen LogP contribution in [0.1, 0.15) is 56.8 Å². The monoisotopic (exact) mass is 451 g/mol. The van der Waals surface area contributed by atoms with Gasteiger partial charge in [-0.3, -0.25) is 4.68 Å². The van der Waals surface area contributed by atoms with Crippen molar-refractivity contribution in [2.75, 3.05) is 6.61 Å². The van der Waals surface area contributed by atoms with E-state index in [1.54, 1.807) is 0 Å². The normalized spacial score (nSPS) is 18.6.